The SMILES string of the molecule is CCN(CC)S(=O)(=O)c1ccc2c(c1)N(CC(=O)Nc1cc(C)ccc1C)C(=O)CS2. The van der Waals surface area contributed by atoms with E-state index in [1.165, 1.54) is 27.0 Å². The molecule has 7 nitrogen and oxygen atoms in total. The van der Waals surface area contributed by atoms with Crippen molar-refractivity contribution in [1.82, 2.24) is 4.31 Å². The minimum atomic E-state index is -3.68. The molecule has 31 heavy (non-hydrogen) atoms. The summed E-state index contributed by atoms with van der Waals surface area (Å²) < 4.78 is 27.2. The Morgan fingerprint density at radius 1 is 1.13 bits per heavy atom. The highest BCUT2D eigenvalue weighted by molar-refractivity contribution is 8.00. The van der Waals surface area contributed by atoms with Gasteiger partial charge in [0.15, 0.2) is 0 Å². The summed E-state index contributed by atoms with van der Waals surface area (Å²) >= 11 is 1.34. The van der Waals surface area contributed by atoms with Gasteiger partial charge in [-0.3, -0.25) is 9.59 Å². The van der Waals surface area contributed by atoms with Gasteiger partial charge in [0.2, 0.25) is 21.8 Å². The molecule has 0 aliphatic carbocycles. The Bertz CT molecular complexity index is 1110. The van der Waals surface area contributed by atoms with Crippen LogP contribution >= 0.6 is 11.8 Å². The average molecular weight is 462 g/mol. The fourth-order valence-corrected chi connectivity index (χ4v) is 5.83. The van der Waals surface area contributed by atoms with E-state index in [2.05, 4.69) is 5.32 Å². The molecule has 9 heteroatoms. The zero-order valence-corrected chi connectivity index (χ0v) is 19.8. The van der Waals surface area contributed by atoms with Crippen LogP contribution in [-0.2, 0) is 19.6 Å². The molecule has 1 aliphatic heterocycles. The number of amides is 2. The van der Waals surface area contributed by atoms with Crippen LogP contribution in [0.3, 0.4) is 0 Å². The number of thioether (sulfide) groups is 1. The highest BCUT2D eigenvalue weighted by Crippen LogP contribution is 2.37. The van der Waals surface area contributed by atoms with Crippen molar-refractivity contribution in [3.05, 3.63) is 47.5 Å². The molecule has 0 saturated heterocycles. The van der Waals surface area contributed by atoms with E-state index in [1.807, 2.05) is 32.0 Å². The maximum absolute atomic E-state index is 12.9. The van der Waals surface area contributed by atoms with Gasteiger partial charge in [-0.1, -0.05) is 26.0 Å². The number of nitrogens with one attached hydrogen (secondary N) is 1. The lowest BCUT2D eigenvalue weighted by Gasteiger charge is -2.29. The van der Waals surface area contributed by atoms with Crippen molar-refractivity contribution >= 4 is 45.0 Å². The van der Waals surface area contributed by atoms with Gasteiger partial charge in [-0.15, -0.1) is 11.8 Å². The molecule has 1 heterocycles. The highest BCUT2D eigenvalue weighted by Gasteiger charge is 2.30. The summed E-state index contributed by atoms with van der Waals surface area (Å²) in [5.41, 5.74) is 3.09. The monoisotopic (exact) mass is 461 g/mol. The molecule has 3 rings (SSSR count). The molecular weight excluding hydrogens is 434 g/mol. The van der Waals surface area contributed by atoms with Crippen LogP contribution in [-0.4, -0.2) is 49.9 Å². The van der Waals surface area contributed by atoms with Crippen LogP contribution in [0.2, 0.25) is 0 Å². The second-order valence-corrected chi connectivity index (χ2v) is 10.3. The highest BCUT2D eigenvalue weighted by atomic mass is 32.2. The summed E-state index contributed by atoms with van der Waals surface area (Å²) in [5.74, 6) is -0.366. The van der Waals surface area contributed by atoms with E-state index < -0.39 is 10.0 Å². The molecule has 0 aromatic heterocycles. The van der Waals surface area contributed by atoms with Gasteiger partial charge < -0.3 is 10.2 Å². The maximum Gasteiger partial charge on any atom is 0.244 e. The van der Waals surface area contributed by atoms with Gasteiger partial charge in [0.1, 0.15) is 6.54 Å². The number of fused-ring (bicyclic) bond motifs is 1. The topological polar surface area (TPSA) is 86.8 Å². The molecule has 0 spiro atoms. The number of carbonyl (C=O) groups is 2. The molecule has 2 aromatic carbocycles. The zero-order valence-electron chi connectivity index (χ0n) is 18.1. The van der Waals surface area contributed by atoms with Crippen LogP contribution in [0.5, 0.6) is 0 Å². The number of anilines is 2. The molecule has 1 aliphatic rings. The summed E-state index contributed by atoms with van der Waals surface area (Å²) in [6, 6.07) is 10.5. The predicted molar refractivity (Wildman–Crippen MR) is 124 cm³/mol. The molecule has 0 atom stereocenters. The maximum atomic E-state index is 12.9. The predicted octanol–water partition coefficient (Wildman–Crippen LogP) is 3.41. The molecular formula is C22H27N3O4S2. The Morgan fingerprint density at radius 2 is 1.84 bits per heavy atom. The lowest BCUT2D eigenvalue weighted by molar-refractivity contribution is -0.120. The van der Waals surface area contributed by atoms with Gasteiger partial charge in [0, 0.05) is 23.7 Å². The first-order chi connectivity index (χ1) is 14.7. The van der Waals surface area contributed by atoms with Gasteiger partial charge in [0.25, 0.3) is 0 Å². The van der Waals surface area contributed by atoms with Crippen LogP contribution < -0.4 is 10.2 Å². The molecule has 0 unspecified atom stereocenters. The molecule has 2 amide bonds. The minimum absolute atomic E-state index is 0.116. The third-order valence-corrected chi connectivity index (χ3v) is 8.28. The van der Waals surface area contributed by atoms with Crippen molar-refractivity contribution in [2.24, 2.45) is 0 Å². The number of aryl methyl sites for hydroxylation is 2. The van der Waals surface area contributed by atoms with Crippen LogP contribution in [0.25, 0.3) is 0 Å². The number of rotatable bonds is 7. The van der Waals surface area contributed by atoms with E-state index in [0.29, 0.717) is 24.5 Å². The summed E-state index contributed by atoms with van der Waals surface area (Å²) in [5, 5.41) is 2.86. The summed E-state index contributed by atoms with van der Waals surface area (Å²) in [6.07, 6.45) is 0. The van der Waals surface area contributed by atoms with E-state index in [-0.39, 0.29) is 29.0 Å². The molecule has 166 valence electrons. The first kappa shape index (κ1) is 23.3. The number of benzene rings is 2. The third kappa shape index (κ3) is 4.94. The lowest BCUT2D eigenvalue weighted by Crippen LogP contribution is -2.41. The van der Waals surface area contributed by atoms with E-state index in [4.69, 9.17) is 0 Å². The summed E-state index contributed by atoms with van der Waals surface area (Å²) in [4.78, 5) is 27.6. The third-order valence-electron chi connectivity index (χ3n) is 5.19. The fourth-order valence-electron chi connectivity index (χ4n) is 3.43. The molecule has 0 saturated carbocycles. The Kier molecular flexibility index (Phi) is 7.08. The zero-order chi connectivity index (χ0) is 22.8. The van der Waals surface area contributed by atoms with Gasteiger partial charge in [-0.2, -0.15) is 4.31 Å². The van der Waals surface area contributed by atoms with E-state index >= 15 is 0 Å². The van der Waals surface area contributed by atoms with Crippen molar-refractivity contribution in [1.29, 1.82) is 0 Å². The number of carbonyl (C=O) groups excluding carboxylic acids is 2. The van der Waals surface area contributed by atoms with Crippen LogP contribution in [0, 0.1) is 13.8 Å². The van der Waals surface area contributed by atoms with Crippen LogP contribution in [0.4, 0.5) is 11.4 Å². The van der Waals surface area contributed by atoms with Gasteiger partial charge in [-0.05, 0) is 49.2 Å². The van der Waals surface area contributed by atoms with Crippen molar-refractivity contribution < 1.29 is 18.0 Å². The van der Waals surface area contributed by atoms with Crippen molar-refractivity contribution in [3.8, 4) is 0 Å². The van der Waals surface area contributed by atoms with E-state index in [0.717, 1.165) is 16.0 Å². The summed E-state index contributed by atoms with van der Waals surface area (Å²) in [7, 11) is -3.68. The number of nitrogens with zero attached hydrogens (tertiary/aromatic N) is 2. The second-order valence-electron chi connectivity index (χ2n) is 7.35. The largest absolute Gasteiger partial charge is 0.324 e. The first-order valence-corrected chi connectivity index (χ1v) is 12.5. The number of hydrogen-bond donors (Lipinski definition) is 1. The normalized spacial score (nSPS) is 14.0. The van der Waals surface area contributed by atoms with Crippen molar-refractivity contribution in [2.75, 3.05) is 35.6 Å². The van der Waals surface area contributed by atoms with Gasteiger partial charge in [0.05, 0.1) is 16.3 Å². The van der Waals surface area contributed by atoms with E-state index in [1.54, 1.807) is 26.0 Å². The van der Waals surface area contributed by atoms with Crippen molar-refractivity contribution in [3.63, 3.8) is 0 Å². The minimum Gasteiger partial charge on any atom is -0.324 e. The Labute approximate surface area is 187 Å². The second kappa shape index (κ2) is 9.42. The smallest absolute Gasteiger partial charge is 0.244 e. The van der Waals surface area contributed by atoms with E-state index in [9.17, 15) is 18.0 Å². The standard InChI is InChI=1S/C22H27N3O4S2/c1-5-24(6-2)31(28,29)17-9-10-20-19(12-17)25(22(27)14-30-20)13-21(26)23-18-11-15(3)7-8-16(18)4/h7-12H,5-6,13-14H2,1-4H3,(H,23,26). The first-order valence-electron chi connectivity index (χ1n) is 10.1. The Balaban J connectivity index is 1.90. The summed E-state index contributed by atoms with van der Waals surface area (Å²) in [6.45, 7) is 7.92. The molecule has 0 radical (unpaired) electrons. The molecule has 1 N–H and O–H groups in total. The lowest BCUT2D eigenvalue weighted by atomic mass is 10.1. The quantitative estimate of drug-likeness (QED) is 0.683. The average Bonchev–Trinajstić information content (AvgIpc) is 2.73. The van der Waals surface area contributed by atoms with Crippen LogP contribution in [0.1, 0.15) is 25.0 Å². The number of hydrogen-bond acceptors (Lipinski definition) is 5. The van der Waals surface area contributed by atoms with Crippen molar-refractivity contribution in [2.45, 2.75) is 37.5 Å². The fraction of sp³-hybridized carbons (Fsp3) is 0.364. The molecule has 2 aromatic rings. The van der Waals surface area contributed by atoms with Crippen LogP contribution in [0.15, 0.2) is 46.2 Å². The Morgan fingerprint density at radius 3 is 2.52 bits per heavy atom. The molecule has 0 bridgehead atoms. The van der Waals surface area contributed by atoms with Gasteiger partial charge >= 0.3 is 0 Å². The molecule has 0 fully saturated rings. The number of sulfonamides is 1. The van der Waals surface area contributed by atoms with Gasteiger partial charge in [-0.25, -0.2) is 8.42 Å². The Hall–Kier alpha value is -2.36.